The summed E-state index contributed by atoms with van der Waals surface area (Å²) in [6.07, 6.45) is 0. The van der Waals surface area contributed by atoms with Crippen molar-refractivity contribution < 1.29 is 13.2 Å². The average Bonchev–Trinajstić information content (AvgIpc) is 2.70. The van der Waals surface area contributed by atoms with Gasteiger partial charge in [-0.15, -0.1) is 0 Å². The first-order chi connectivity index (χ1) is 14.2. The molecule has 1 fully saturated rings. The van der Waals surface area contributed by atoms with E-state index in [1.54, 1.807) is 24.3 Å². The van der Waals surface area contributed by atoms with Crippen molar-refractivity contribution >= 4 is 33.2 Å². The van der Waals surface area contributed by atoms with E-state index in [2.05, 4.69) is 19.2 Å². The molecule has 1 saturated heterocycles. The number of hydrogen-bond acceptors (Lipinski definition) is 4. The van der Waals surface area contributed by atoms with Crippen LogP contribution in [0.25, 0.3) is 0 Å². The predicted octanol–water partition coefficient (Wildman–Crippen LogP) is 3.72. The molecule has 1 aliphatic rings. The van der Waals surface area contributed by atoms with E-state index < -0.39 is 10.0 Å². The van der Waals surface area contributed by atoms with Gasteiger partial charge in [0.05, 0.1) is 22.2 Å². The molecule has 2 aromatic rings. The minimum absolute atomic E-state index is 0.165. The van der Waals surface area contributed by atoms with Crippen molar-refractivity contribution in [2.75, 3.05) is 38.0 Å². The average molecular weight is 450 g/mol. The molecule has 1 heterocycles. The molecule has 1 amide bonds. The van der Waals surface area contributed by atoms with E-state index in [1.165, 1.54) is 4.31 Å². The Hall–Kier alpha value is -1.93. The number of sulfonamides is 1. The number of amides is 1. The van der Waals surface area contributed by atoms with Crippen LogP contribution < -0.4 is 5.32 Å². The lowest BCUT2D eigenvalue weighted by atomic mass is 10.0. The molecule has 0 spiro atoms. The van der Waals surface area contributed by atoms with Gasteiger partial charge in [-0.25, -0.2) is 8.42 Å². The number of anilines is 1. The molecule has 162 valence electrons. The van der Waals surface area contributed by atoms with Gasteiger partial charge in [-0.05, 0) is 48.2 Å². The Balaban J connectivity index is 1.55. The van der Waals surface area contributed by atoms with Crippen LogP contribution >= 0.6 is 11.6 Å². The van der Waals surface area contributed by atoms with Crippen LogP contribution in [0.5, 0.6) is 0 Å². The fourth-order valence-electron chi connectivity index (χ4n) is 3.42. The Morgan fingerprint density at radius 1 is 1.07 bits per heavy atom. The largest absolute Gasteiger partial charge is 0.324 e. The number of rotatable bonds is 6. The van der Waals surface area contributed by atoms with E-state index >= 15 is 0 Å². The first kappa shape index (κ1) is 22.7. The summed E-state index contributed by atoms with van der Waals surface area (Å²) < 4.78 is 27.3. The van der Waals surface area contributed by atoms with Gasteiger partial charge in [0.2, 0.25) is 15.9 Å². The van der Waals surface area contributed by atoms with E-state index in [0.717, 1.165) is 11.1 Å². The normalized spacial score (nSPS) is 16.0. The zero-order chi connectivity index (χ0) is 21.9. The number of benzene rings is 2. The van der Waals surface area contributed by atoms with Crippen LogP contribution in [0.15, 0.2) is 47.4 Å². The molecule has 0 unspecified atom stereocenters. The highest BCUT2D eigenvalue weighted by molar-refractivity contribution is 7.89. The summed E-state index contributed by atoms with van der Waals surface area (Å²) in [7, 11) is -3.53. The number of halogens is 1. The minimum Gasteiger partial charge on any atom is -0.324 e. The lowest BCUT2D eigenvalue weighted by Crippen LogP contribution is -2.50. The molecule has 3 rings (SSSR count). The summed E-state index contributed by atoms with van der Waals surface area (Å²) in [5.74, 6) is 0.188. The second kappa shape index (κ2) is 9.47. The van der Waals surface area contributed by atoms with Crippen LogP contribution in [0.2, 0.25) is 5.02 Å². The number of carbonyl (C=O) groups excluding carboxylic acids is 1. The highest BCUT2D eigenvalue weighted by atomic mass is 35.5. The second-order valence-electron chi connectivity index (χ2n) is 7.94. The molecule has 1 aliphatic heterocycles. The van der Waals surface area contributed by atoms with E-state index in [0.29, 0.717) is 47.7 Å². The Bertz CT molecular complexity index is 999. The molecule has 2 aromatic carbocycles. The van der Waals surface area contributed by atoms with Gasteiger partial charge in [-0.3, -0.25) is 9.69 Å². The summed E-state index contributed by atoms with van der Waals surface area (Å²) in [6, 6.07) is 12.6. The number of piperazine rings is 1. The summed E-state index contributed by atoms with van der Waals surface area (Å²) in [5, 5.41) is 3.32. The maximum Gasteiger partial charge on any atom is 0.243 e. The molecule has 0 aliphatic carbocycles. The molecule has 30 heavy (non-hydrogen) atoms. The van der Waals surface area contributed by atoms with Gasteiger partial charge in [0.1, 0.15) is 0 Å². The number of nitrogens with zero attached hydrogens (tertiary/aromatic N) is 2. The van der Waals surface area contributed by atoms with E-state index in [1.807, 2.05) is 30.0 Å². The molecule has 6 nitrogen and oxygen atoms in total. The van der Waals surface area contributed by atoms with Gasteiger partial charge in [0, 0.05) is 26.2 Å². The molecule has 0 bridgehead atoms. The van der Waals surface area contributed by atoms with Crippen molar-refractivity contribution in [3.8, 4) is 0 Å². The van der Waals surface area contributed by atoms with Gasteiger partial charge in [-0.2, -0.15) is 4.31 Å². The highest BCUT2D eigenvalue weighted by Gasteiger charge is 2.29. The summed E-state index contributed by atoms with van der Waals surface area (Å²) in [6.45, 7) is 7.98. The Labute approximate surface area is 183 Å². The zero-order valence-electron chi connectivity index (χ0n) is 17.6. The SMILES string of the molecule is Cc1ccc(NC(=O)CN2CCN(S(=O)(=O)c3ccc(C(C)C)cc3)CC2)c(Cl)c1. The minimum atomic E-state index is -3.53. The first-order valence-electron chi connectivity index (χ1n) is 10.1. The lowest BCUT2D eigenvalue weighted by molar-refractivity contribution is -0.117. The number of nitrogens with one attached hydrogen (secondary N) is 1. The lowest BCUT2D eigenvalue weighted by Gasteiger charge is -2.33. The fraction of sp³-hybridized carbons (Fsp3) is 0.409. The fourth-order valence-corrected chi connectivity index (χ4v) is 5.12. The zero-order valence-corrected chi connectivity index (χ0v) is 19.1. The predicted molar refractivity (Wildman–Crippen MR) is 121 cm³/mol. The van der Waals surface area contributed by atoms with Crippen LogP contribution in [-0.4, -0.2) is 56.3 Å². The highest BCUT2D eigenvalue weighted by Crippen LogP contribution is 2.23. The molecular formula is C22H28ClN3O3S. The van der Waals surface area contributed by atoms with Crippen LogP contribution in [0.3, 0.4) is 0 Å². The van der Waals surface area contributed by atoms with Gasteiger partial charge < -0.3 is 5.32 Å². The summed E-state index contributed by atoms with van der Waals surface area (Å²) >= 11 is 6.17. The smallest absolute Gasteiger partial charge is 0.243 e. The Kier molecular flexibility index (Phi) is 7.18. The van der Waals surface area contributed by atoms with Crippen LogP contribution in [0.1, 0.15) is 30.9 Å². The molecule has 1 N–H and O–H groups in total. The Morgan fingerprint density at radius 3 is 2.27 bits per heavy atom. The van der Waals surface area contributed by atoms with Crippen molar-refractivity contribution in [2.24, 2.45) is 0 Å². The summed E-state index contributed by atoms with van der Waals surface area (Å²) in [5.41, 5.74) is 2.71. The van der Waals surface area contributed by atoms with Crippen LogP contribution in [0, 0.1) is 6.92 Å². The molecule has 0 radical (unpaired) electrons. The number of carbonyl (C=O) groups is 1. The number of aryl methyl sites for hydroxylation is 1. The van der Waals surface area contributed by atoms with Crippen molar-refractivity contribution in [1.29, 1.82) is 0 Å². The third kappa shape index (κ3) is 5.40. The molecule has 0 aromatic heterocycles. The van der Waals surface area contributed by atoms with Gasteiger partial charge in [0.15, 0.2) is 0 Å². The maximum absolute atomic E-state index is 12.9. The van der Waals surface area contributed by atoms with Gasteiger partial charge in [-0.1, -0.05) is 43.6 Å². The van der Waals surface area contributed by atoms with E-state index in [9.17, 15) is 13.2 Å². The van der Waals surface area contributed by atoms with Crippen molar-refractivity contribution in [2.45, 2.75) is 31.6 Å². The van der Waals surface area contributed by atoms with Crippen LogP contribution in [-0.2, 0) is 14.8 Å². The van der Waals surface area contributed by atoms with Crippen molar-refractivity contribution in [3.05, 3.63) is 58.6 Å². The van der Waals surface area contributed by atoms with Crippen molar-refractivity contribution in [1.82, 2.24) is 9.21 Å². The van der Waals surface area contributed by atoms with Gasteiger partial charge in [0.25, 0.3) is 0 Å². The molecule has 8 heteroatoms. The second-order valence-corrected chi connectivity index (χ2v) is 10.3. The van der Waals surface area contributed by atoms with Crippen molar-refractivity contribution in [3.63, 3.8) is 0 Å². The Morgan fingerprint density at radius 2 is 1.70 bits per heavy atom. The quantitative estimate of drug-likeness (QED) is 0.729. The monoisotopic (exact) mass is 449 g/mol. The molecule has 0 atom stereocenters. The topological polar surface area (TPSA) is 69.7 Å². The maximum atomic E-state index is 12.9. The van der Waals surface area contributed by atoms with Crippen LogP contribution in [0.4, 0.5) is 5.69 Å². The van der Waals surface area contributed by atoms with Gasteiger partial charge >= 0.3 is 0 Å². The first-order valence-corrected chi connectivity index (χ1v) is 11.9. The third-order valence-electron chi connectivity index (χ3n) is 5.28. The van der Waals surface area contributed by atoms with E-state index in [-0.39, 0.29) is 12.5 Å². The molecular weight excluding hydrogens is 422 g/mol. The standard InChI is InChI=1S/C22H28ClN3O3S/c1-16(2)18-5-7-19(8-6-18)30(28,29)26-12-10-25(11-13-26)15-22(27)24-21-9-4-17(3)14-20(21)23/h4-9,14,16H,10-13,15H2,1-3H3,(H,24,27). The number of hydrogen-bond donors (Lipinski definition) is 1. The third-order valence-corrected chi connectivity index (χ3v) is 7.51. The van der Waals surface area contributed by atoms with E-state index in [4.69, 9.17) is 11.6 Å². The molecule has 0 saturated carbocycles. The summed E-state index contributed by atoms with van der Waals surface area (Å²) in [4.78, 5) is 14.6.